The van der Waals surface area contributed by atoms with E-state index in [4.69, 9.17) is 18.7 Å². The molecular formula is C30H39O9P. The van der Waals surface area contributed by atoms with Crippen LogP contribution in [0.2, 0.25) is 0 Å². The van der Waals surface area contributed by atoms with Crippen LogP contribution in [-0.2, 0) is 28.3 Å². The first-order valence-corrected chi connectivity index (χ1v) is 14.2. The van der Waals surface area contributed by atoms with Gasteiger partial charge in [0, 0.05) is 28.2 Å². The van der Waals surface area contributed by atoms with E-state index in [9.17, 15) is 24.6 Å². The van der Waals surface area contributed by atoms with Crippen LogP contribution in [0.4, 0.5) is 0 Å². The third-order valence-corrected chi connectivity index (χ3v) is 10.8. The second-order valence-electron chi connectivity index (χ2n) is 12.7. The standard InChI is InChI=1S/C30H39O9P/c1-15-13-30(35)25(37-26(34)18-10-8-7-9-11-18)23-28(6,24(33)22(32)21(16(15)2)27(30,4)5)19(39-40)12-20-29(23,14-36-20)38-17(3)31/h7-11,15,19-20,22-23,25,32,35H,12-14,40H2,1-6H3/t15-,19-,20+,22+,23?,25-,28+,29-,30+/m0/s1. The summed E-state index contributed by atoms with van der Waals surface area (Å²) < 4.78 is 24.1. The summed E-state index contributed by atoms with van der Waals surface area (Å²) in [7, 11) is 2.19. The summed E-state index contributed by atoms with van der Waals surface area (Å²) in [5, 5.41) is 24.7. The highest BCUT2D eigenvalue weighted by Gasteiger charge is 2.78. The summed E-state index contributed by atoms with van der Waals surface area (Å²) >= 11 is 0. The molecule has 1 heterocycles. The van der Waals surface area contributed by atoms with Crippen molar-refractivity contribution in [3.05, 3.63) is 47.0 Å². The molecule has 3 aliphatic carbocycles. The summed E-state index contributed by atoms with van der Waals surface area (Å²) in [4.78, 5) is 40.9. The van der Waals surface area contributed by atoms with E-state index in [0.29, 0.717) is 5.57 Å². The van der Waals surface area contributed by atoms with Crippen LogP contribution in [0.25, 0.3) is 0 Å². The minimum absolute atomic E-state index is 0.0579. The third kappa shape index (κ3) is 3.81. The summed E-state index contributed by atoms with van der Waals surface area (Å²) in [6, 6.07) is 8.41. The normalized spacial score (nSPS) is 42.0. The molecule has 2 unspecified atom stereocenters. The maximum atomic E-state index is 14.6. The molecule has 2 saturated carbocycles. The average Bonchev–Trinajstić information content (AvgIpc) is 2.89. The minimum atomic E-state index is -1.77. The lowest BCUT2D eigenvalue weighted by atomic mass is 9.44. The first-order chi connectivity index (χ1) is 18.7. The van der Waals surface area contributed by atoms with E-state index in [1.54, 1.807) is 51.1 Å². The number of Topliss-reactive ketones (excluding diaryl/α,β-unsaturated/α-hetero) is 1. The Balaban J connectivity index is 1.83. The second-order valence-corrected chi connectivity index (χ2v) is 13.0. The van der Waals surface area contributed by atoms with Crippen LogP contribution in [0.15, 0.2) is 41.5 Å². The molecule has 0 amide bonds. The summed E-state index contributed by atoms with van der Waals surface area (Å²) in [5.41, 5.74) is -4.43. The van der Waals surface area contributed by atoms with Crippen LogP contribution < -0.4 is 0 Å². The topological polar surface area (TPSA) is 129 Å². The summed E-state index contributed by atoms with van der Waals surface area (Å²) in [6.07, 6.45) is -4.01. The Labute approximate surface area is 236 Å². The molecule has 10 heteroatoms. The average molecular weight is 575 g/mol. The lowest BCUT2D eigenvalue weighted by Crippen LogP contribution is -2.81. The Bertz CT molecular complexity index is 1260. The third-order valence-electron chi connectivity index (χ3n) is 10.4. The van der Waals surface area contributed by atoms with E-state index in [1.165, 1.54) is 6.92 Å². The second kappa shape index (κ2) is 9.70. The number of fused-ring (bicyclic) bond motifs is 5. The highest BCUT2D eigenvalue weighted by Crippen LogP contribution is 2.65. The zero-order chi connectivity index (χ0) is 29.4. The van der Waals surface area contributed by atoms with Crippen LogP contribution >= 0.6 is 9.47 Å². The molecule has 5 rings (SSSR count). The largest absolute Gasteiger partial charge is 0.455 e. The van der Waals surface area contributed by atoms with Crippen molar-refractivity contribution in [3.63, 3.8) is 0 Å². The van der Waals surface area contributed by atoms with E-state index in [-0.39, 0.29) is 30.9 Å². The maximum absolute atomic E-state index is 14.6. The SMILES string of the molecule is CC(=O)O[C@@]12CO[C@@H]1C[C@H](OP)[C@@]1(C)C(=O)[C@H](O)C3=C(C)[C@@H](C)C[C@@](O)([C@@H](OC(=O)c4ccccc4)C12)C3(C)C. The van der Waals surface area contributed by atoms with Gasteiger partial charge in [0.2, 0.25) is 0 Å². The van der Waals surface area contributed by atoms with E-state index < -0.39 is 70.1 Å². The van der Waals surface area contributed by atoms with E-state index in [0.717, 1.165) is 5.57 Å². The fourth-order valence-corrected chi connectivity index (χ4v) is 8.49. The molecule has 40 heavy (non-hydrogen) atoms. The van der Waals surface area contributed by atoms with Gasteiger partial charge in [0.05, 0.1) is 29.6 Å². The number of benzene rings is 1. The number of esters is 2. The van der Waals surface area contributed by atoms with Crippen molar-refractivity contribution in [2.75, 3.05) is 6.61 Å². The lowest BCUT2D eigenvalue weighted by molar-refractivity contribution is -0.343. The number of ether oxygens (including phenoxy) is 3. The predicted octanol–water partition coefficient (Wildman–Crippen LogP) is 3.17. The number of carbonyl (C=O) groups is 3. The molecule has 9 nitrogen and oxygen atoms in total. The summed E-state index contributed by atoms with van der Waals surface area (Å²) in [5.74, 6) is -3.17. The maximum Gasteiger partial charge on any atom is 0.338 e. The monoisotopic (exact) mass is 574 g/mol. The van der Waals surface area contributed by atoms with Gasteiger partial charge in [-0.2, -0.15) is 0 Å². The molecule has 1 aromatic carbocycles. The number of rotatable bonds is 4. The van der Waals surface area contributed by atoms with Gasteiger partial charge in [-0.15, -0.1) is 0 Å². The Morgan fingerprint density at radius 3 is 2.35 bits per heavy atom. The number of aliphatic hydroxyl groups is 2. The number of aliphatic hydroxyl groups excluding tert-OH is 1. The number of allylic oxidation sites excluding steroid dienone is 1. The smallest absolute Gasteiger partial charge is 0.338 e. The fraction of sp³-hybridized carbons (Fsp3) is 0.633. The van der Waals surface area contributed by atoms with Crippen LogP contribution in [-0.4, -0.2) is 70.2 Å². The fourth-order valence-electron chi connectivity index (χ4n) is 8.10. The molecule has 0 aromatic heterocycles. The van der Waals surface area contributed by atoms with E-state index >= 15 is 0 Å². The van der Waals surface area contributed by atoms with Crippen molar-refractivity contribution >= 4 is 27.2 Å². The van der Waals surface area contributed by atoms with Gasteiger partial charge in [0.25, 0.3) is 0 Å². The summed E-state index contributed by atoms with van der Waals surface area (Å²) in [6.45, 7) is 10.2. The van der Waals surface area contributed by atoms with Crippen molar-refractivity contribution in [2.45, 2.75) is 90.0 Å². The number of ketones is 1. The Kier molecular flexibility index (Phi) is 7.12. The van der Waals surface area contributed by atoms with Crippen molar-refractivity contribution in [1.82, 2.24) is 0 Å². The molecule has 0 spiro atoms. The van der Waals surface area contributed by atoms with E-state index in [2.05, 4.69) is 9.47 Å². The molecule has 2 bridgehead atoms. The van der Waals surface area contributed by atoms with Gasteiger partial charge in [-0.25, -0.2) is 4.79 Å². The Morgan fingerprint density at radius 2 is 1.80 bits per heavy atom. The van der Waals surface area contributed by atoms with Gasteiger partial charge in [-0.05, 0) is 43.9 Å². The molecule has 2 N–H and O–H groups in total. The van der Waals surface area contributed by atoms with Crippen LogP contribution in [0.1, 0.15) is 64.7 Å². The first-order valence-electron chi connectivity index (χ1n) is 13.8. The Morgan fingerprint density at radius 1 is 1.15 bits per heavy atom. The van der Waals surface area contributed by atoms with Gasteiger partial charge < -0.3 is 28.9 Å². The van der Waals surface area contributed by atoms with Crippen LogP contribution in [0, 0.1) is 22.7 Å². The number of hydrogen-bond donors (Lipinski definition) is 2. The predicted molar refractivity (Wildman–Crippen MR) is 147 cm³/mol. The molecule has 1 saturated heterocycles. The molecule has 10 atom stereocenters. The van der Waals surface area contributed by atoms with Crippen LogP contribution in [0.3, 0.4) is 0 Å². The number of carbonyl (C=O) groups excluding carboxylic acids is 3. The van der Waals surface area contributed by atoms with Gasteiger partial charge in [-0.1, -0.05) is 44.5 Å². The van der Waals surface area contributed by atoms with Crippen molar-refractivity contribution in [2.24, 2.45) is 22.7 Å². The van der Waals surface area contributed by atoms with Crippen molar-refractivity contribution in [1.29, 1.82) is 0 Å². The highest BCUT2D eigenvalue weighted by atomic mass is 31.0. The lowest BCUT2D eigenvalue weighted by Gasteiger charge is -2.67. The van der Waals surface area contributed by atoms with Crippen molar-refractivity contribution < 1.29 is 43.3 Å². The Hall–Kier alpha value is -2.16. The molecule has 1 aliphatic heterocycles. The number of hydrogen-bond acceptors (Lipinski definition) is 9. The van der Waals surface area contributed by atoms with E-state index in [1.807, 2.05) is 13.8 Å². The van der Waals surface area contributed by atoms with Gasteiger partial charge in [0.1, 0.15) is 23.9 Å². The quantitative estimate of drug-likeness (QED) is 0.317. The molecule has 1 aromatic rings. The van der Waals surface area contributed by atoms with Crippen molar-refractivity contribution in [3.8, 4) is 0 Å². The molecule has 3 fully saturated rings. The zero-order valence-corrected chi connectivity index (χ0v) is 25.0. The molecule has 4 aliphatic rings. The van der Waals surface area contributed by atoms with Crippen LogP contribution in [0.5, 0.6) is 0 Å². The molecular weight excluding hydrogens is 535 g/mol. The van der Waals surface area contributed by atoms with Gasteiger partial charge in [-0.3, -0.25) is 9.59 Å². The minimum Gasteiger partial charge on any atom is -0.455 e. The highest BCUT2D eigenvalue weighted by molar-refractivity contribution is 7.09. The molecule has 218 valence electrons. The van der Waals surface area contributed by atoms with Gasteiger partial charge >= 0.3 is 11.9 Å². The first kappa shape index (κ1) is 29.3. The zero-order valence-electron chi connectivity index (χ0n) is 23.8. The van der Waals surface area contributed by atoms with Gasteiger partial charge in [0.15, 0.2) is 11.4 Å². The molecule has 0 radical (unpaired) electrons.